The standard InChI is InChI=1S/C12H23N3O2S/c1-2-11(8-13)18(16,17)15-12(9-14)10-6-4-3-5-7-10/h10-12,15H,2-7,9,14H2,1H3. The molecule has 6 heteroatoms. The predicted octanol–water partition coefficient (Wildman–Crippen LogP) is 1.12. The Morgan fingerprint density at radius 3 is 2.44 bits per heavy atom. The topological polar surface area (TPSA) is 96.0 Å². The molecular formula is C12H23N3O2S. The summed E-state index contributed by atoms with van der Waals surface area (Å²) in [6, 6.07) is 1.61. The molecule has 1 fully saturated rings. The first-order valence-corrected chi connectivity index (χ1v) is 8.20. The zero-order chi connectivity index (χ0) is 13.6. The van der Waals surface area contributed by atoms with E-state index >= 15 is 0 Å². The first kappa shape index (κ1) is 15.4. The van der Waals surface area contributed by atoms with Crippen molar-refractivity contribution in [3.8, 4) is 6.07 Å². The molecule has 0 spiro atoms. The van der Waals surface area contributed by atoms with Gasteiger partial charge in [-0.2, -0.15) is 5.26 Å². The summed E-state index contributed by atoms with van der Waals surface area (Å²) in [4.78, 5) is 0. The Hall–Kier alpha value is -0.640. The lowest BCUT2D eigenvalue weighted by Gasteiger charge is -2.30. The highest BCUT2D eigenvalue weighted by Crippen LogP contribution is 2.26. The minimum absolute atomic E-state index is 0.224. The zero-order valence-electron chi connectivity index (χ0n) is 10.9. The van der Waals surface area contributed by atoms with Gasteiger partial charge in [0.2, 0.25) is 10.0 Å². The van der Waals surface area contributed by atoms with E-state index in [4.69, 9.17) is 11.0 Å². The van der Waals surface area contributed by atoms with Crippen molar-refractivity contribution in [1.29, 1.82) is 5.26 Å². The molecule has 1 rings (SSSR count). The molecule has 5 nitrogen and oxygen atoms in total. The Bertz CT molecular complexity index is 383. The number of nitrogens with two attached hydrogens (primary N) is 1. The minimum Gasteiger partial charge on any atom is -0.329 e. The summed E-state index contributed by atoms with van der Waals surface area (Å²) in [5.41, 5.74) is 5.68. The Labute approximate surface area is 110 Å². The van der Waals surface area contributed by atoms with E-state index in [0.29, 0.717) is 18.9 Å². The molecule has 0 heterocycles. The van der Waals surface area contributed by atoms with Crippen LogP contribution in [0, 0.1) is 17.2 Å². The molecule has 1 aliphatic carbocycles. The summed E-state index contributed by atoms with van der Waals surface area (Å²) >= 11 is 0. The molecule has 1 saturated carbocycles. The number of nitrogens with zero attached hydrogens (tertiary/aromatic N) is 1. The molecule has 0 aliphatic heterocycles. The maximum atomic E-state index is 12.0. The van der Waals surface area contributed by atoms with Gasteiger partial charge in [0.1, 0.15) is 0 Å². The third kappa shape index (κ3) is 3.94. The molecule has 2 atom stereocenters. The van der Waals surface area contributed by atoms with Crippen LogP contribution >= 0.6 is 0 Å². The highest BCUT2D eigenvalue weighted by molar-refractivity contribution is 7.90. The number of hydrogen-bond acceptors (Lipinski definition) is 4. The molecule has 3 N–H and O–H groups in total. The Morgan fingerprint density at radius 2 is 2.00 bits per heavy atom. The zero-order valence-corrected chi connectivity index (χ0v) is 11.7. The van der Waals surface area contributed by atoms with Gasteiger partial charge in [0.15, 0.2) is 5.25 Å². The molecule has 0 aromatic carbocycles. The number of sulfonamides is 1. The van der Waals surface area contributed by atoms with Crippen molar-refractivity contribution in [1.82, 2.24) is 4.72 Å². The molecule has 18 heavy (non-hydrogen) atoms. The maximum Gasteiger partial charge on any atom is 0.228 e. The lowest BCUT2D eigenvalue weighted by atomic mass is 9.84. The van der Waals surface area contributed by atoms with E-state index in [9.17, 15) is 8.42 Å². The van der Waals surface area contributed by atoms with Crippen LogP contribution < -0.4 is 10.5 Å². The number of nitrogens with one attached hydrogen (secondary N) is 1. The van der Waals surface area contributed by atoms with Crippen LogP contribution in [0.5, 0.6) is 0 Å². The summed E-state index contributed by atoms with van der Waals surface area (Å²) in [6.45, 7) is 2.00. The second kappa shape index (κ2) is 7.07. The number of nitriles is 1. The van der Waals surface area contributed by atoms with Crippen molar-refractivity contribution in [3.63, 3.8) is 0 Å². The van der Waals surface area contributed by atoms with Gasteiger partial charge < -0.3 is 5.73 Å². The van der Waals surface area contributed by atoms with Crippen molar-refractivity contribution in [2.75, 3.05) is 6.54 Å². The molecule has 2 unspecified atom stereocenters. The van der Waals surface area contributed by atoms with Crippen LogP contribution in [-0.2, 0) is 10.0 Å². The highest BCUT2D eigenvalue weighted by atomic mass is 32.2. The average molecular weight is 273 g/mol. The molecule has 104 valence electrons. The van der Waals surface area contributed by atoms with Gasteiger partial charge in [0, 0.05) is 12.6 Å². The summed E-state index contributed by atoms with van der Waals surface area (Å²) in [5, 5.41) is 7.88. The quantitative estimate of drug-likeness (QED) is 0.758. The highest BCUT2D eigenvalue weighted by Gasteiger charge is 2.30. The van der Waals surface area contributed by atoms with Crippen LogP contribution in [0.3, 0.4) is 0 Å². The number of rotatable bonds is 6. The van der Waals surface area contributed by atoms with E-state index in [2.05, 4.69) is 4.72 Å². The smallest absolute Gasteiger partial charge is 0.228 e. The third-order valence-electron chi connectivity index (χ3n) is 3.68. The fourth-order valence-electron chi connectivity index (χ4n) is 2.55. The van der Waals surface area contributed by atoms with Crippen LogP contribution in [0.15, 0.2) is 0 Å². The first-order valence-electron chi connectivity index (χ1n) is 6.66. The molecule has 0 aromatic rings. The molecule has 1 aliphatic rings. The van der Waals surface area contributed by atoms with Crippen LogP contribution in [-0.4, -0.2) is 26.3 Å². The van der Waals surface area contributed by atoms with Crippen LogP contribution in [0.1, 0.15) is 45.4 Å². The summed E-state index contributed by atoms with van der Waals surface area (Å²) in [5.74, 6) is 0.315. The monoisotopic (exact) mass is 273 g/mol. The van der Waals surface area contributed by atoms with Crippen LogP contribution in [0.4, 0.5) is 0 Å². The first-order chi connectivity index (χ1) is 8.55. The van der Waals surface area contributed by atoms with Gasteiger partial charge in [-0.1, -0.05) is 26.2 Å². The normalized spacial score (nSPS) is 21.2. The average Bonchev–Trinajstić information content (AvgIpc) is 2.38. The molecule has 0 radical (unpaired) electrons. The van der Waals surface area contributed by atoms with E-state index in [-0.39, 0.29) is 6.04 Å². The summed E-state index contributed by atoms with van der Waals surface area (Å²) in [7, 11) is -3.57. The van der Waals surface area contributed by atoms with Crippen LogP contribution in [0.2, 0.25) is 0 Å². The Balaban J connectivity index is 2.70. The molecule has 0 bridgehead atoms. The Morgan fingerprint density at radius 1 is 1.39 bits per heavy atom. The largest absolute Gasteiger partial charge is 0.329 e. The fraction of sp³-hybridized carbons (Fsp3) is 0.917. The lowest BCUT2D eigenvalue weighted by Crippen LogP contribution is -2.48. The molecule has 0 amide bonds. The number of hydrogen-bond donors (Lipinski definition) is 2. The second-order valence-corrected chi connectivity index (χ2v) is 6.82. The van der Waals surface area contributed by atoms with Crippen molar-refractivity contribution in [2.45, 2.75) is 56.7 Å². The van der Waals surface area contributed by atoms with Gasteiger partial charge in [-0.25, -0.2) is 13.1 Å². The van der Waals surface area contributed by atoms with E-state index < -0.39 is 15.3 Å². The Kier molecular flexibility index (Phi) is 6.06. The lowest BCUT2D eigenvalue weighted by molar-refractivity contribution is 0.294. The third-order valence-corrected chi connectivity index (χ3v) is 5.50. The predicted molar refractivity (Wildman–Crippen MR) is 71.2 cm³/mol. The molecule has 0 aromatic heterocycles. The van der Waals surface area contributed by atoms with E-state index in [1.54, 1.807) is 6.92 Å². The van der Waals surface area contributed by atoms with Gasteiger partial charge in [-0.3, -0.25) is 0 Å². The van der Waals surface area contributed by atoms with Crippen molar-refractivity contribution in [2.24, 2.45) is 11.7 Å². The fourth-order valence-corrected chi connectivity index (χ4v) is 4.00. The van der Waals surface area contributed by atoms with E-state index in [1.807, 2.05) is 6.07 Å². The maximum absolute atomic E-state index is 12.0. The van der Waals surface area contributed by atoms with Crippen LogP contribution in [0.25, 0.3) is 0 Å². The molecule has 0 saturated heterocycles. The minimum atomic E-state index is -3.57. The van der Waals surface area contributed by atoms with Gasteiger partial charge in [-0.15, -0.1) is 0 Å². The van der Waals surface area contributed by atoms with E-state index in [0.717, 1.165) is 25.7 Å². The van der Waals surface area contributed by atoms with Gasteiger partial charge >= 0.3 is 0 Å². The van der Waals surface area contributed by atoms with Crippen molar-refractivity contribution >= 4 is 10.0 Å². The summed E-state index contributed by atoms with van der Waals surface area (Å²) in [6.07, 6.45) is 5.84. The van der Waals surface area contributed by atoms with Gasteiger partial charge in [-0.05, 0) is 25.2 Å². The van der Waals surface area contributed by atoms with Gasteiger partial charge in [0.25, 0.3) is 0 Å². The molecular weight excluding hydrogens is 250 g/mol. The SMILES string of the molecule is CCC(C#N)S(=O)(=O)NC(CN)C1CCCCC1. The van der Waals surface area contributed by atoms with Crippen molar-refractivity contribution in [3.05, 3.63) is 0 Å². The second-order valence-electron chi connectivity index (χ2n) is 4.93. The summed E-state index contributed by atoms with van der Waals surface area (Å²) < 4.78 is 26.7. The van der Waals surface area contributed by atoms with Gasteiger partial charge in [0.05, 0.1) is 6.07 Å². The van der Waals surface area contributed by atoms with Crippen molar-refractivity contribution < 1.29 is 8.42 Å². The van der Waals surface area contributed by atoms with E-state index in [1.165, 1.54) is 6.42 Å².